The zero-order chi connectivity index (χ0) is 12.3. The average Bonchev–Trinajstić information content (AvgIpc) is 2.18. The maximum atomic E-state index is 10.3. The first-order valence-corrected chi connectivity index (χ1v) is 5.71. The van der Waals surface area contributed by atoms with Crippen LogP contribution < -0.4 is 0 Å². The van der Waals surface area contributed by atoms with Gasteiger partial charge < -0.3 is 19.7 Å². The molecule has 1 saturated heterocycles. The van der Waals surface area contributed by atoms with Gasteiger partial charge in [0.05, 0.1) is 6.61 Å². The zero-order valence-corrected chi connectivity index (χ0v) is 9.20. The van der Waals surface area contributed by atoms with Crippen molar-refractivity contribution in [1.29, 1.82) is 0 Å². The van der Waals surface area contributed by atoms with Gasteiger partial charge in [0.25, 0.3) is 0 Å². The number of rotatable bonds is 4. The largest absolute Gasteiger partial charge is 0.397 e. The molecule has 1 aliphatic rings. The summed E-state index contributed by atoms with van der Waals surface area (Å²) in [5.41, 5.74) is 0. The van der Waals surface area contributed by atoms with Gasteiger partial charge in [-0.2, -0.15) is 8.42 Å². The van der Waals surface area contributed by atoms with Crippen LogP contribution in [0.5, 0.6) is 0 Å². The lowest BCUT2D eigenvalue weighted by Crippen LogP contribution is -2.53. The van der Waals surface area contributed by atoms with Gasteiger partial charge in [-0.15, -0.1) is 0 Å². The quantitative estimate of drug-likeness (QED) is 0.499. The summed E-state index contributed by atoms with van der Waals surface area (Å²) in [5, 5.41) is 18.7. The maximum absolute atomic E-state index is 10.3. The van der Waals surface area contributed by atoms with Crippen molar-refractivity contribution in [3.05, 3.63) is 6.61 Å². The van der Waals surface area contributed by atoms with Crippen molar-refractivity contribution in [2.75, 3.05) is 13.7 Å². The normalized spacial score (nSPS) is 36.2. The Labute approximate surface area is 92.7 Å². The molecule has 0 saturated carbocycles. The maximum Gasteiger partial charge on any atom is 0.397 e. The number of methoxy groups -OCH3 is 1. The van der Waals surface area contributed by atoms with Crippen LogP contribution in [0.3, 0.4) is 0 Å². The number of hydrogen-bond donors (Lipinski definition) is 3. The van der Waals surface area contributed by atoms with Crippen LogP contribution in [-0.2, 0) is 24.1 Å². The second-order valence-corrected chi connectivity index (χ2v) is 4.30. The minimum absolute atomic E-state index is 0.530. The number of aliphatic hydroxyl groups is 2. The predicted octanol–water partition coefficient (Wildman–Crippen LogP) is -1.90. The van der Waals surface area contributed by atoms with Crippen LogP contribution in [0.25, 0.3) is 0 Å². The first-order valence-electron chi connectivity index (χ1n) is 4.34. The first kappa shape index (κ1) is 13.8. The van der Waals surface area contributed by atoms with Crippen molar-refractivity contribution >= 4 is 10.4 Å². The molecule has 0 aromatic heterocycles. The van der Waals surface area contributed by atoms with Crippen molar-refractivity contribution in [2.45, 2.75) is 24.4 Å². The number of hydrogen-bond acceptors (Lipinski definition) is 7. The van der Waals surface area contributed by atoms with E-state index in [1.165, 1.54) is 7.11 Å². The minimum atomic E-state index is -4.58. The van der Waals surface area contributed by atoms with Crippen molar-refractivity contribution in [3.8, 4) is 0 Å². The summed E-state index contributed by atoms with van der Waals surface area (Å²) < 4.78 is 42.8. The van der Waals surface area contributed by atoms with E-state index in [4.69, 9.17) is 14.0 Å². The van der Waals surface area contributed by atoms with Gasteiger partial charge >= 0.3 is 10.4 Å². The van der Waals surface area contributed by atoms with Crippen LogP contribution in [0.15, 0.2) is 0 Å². The summed E-state index contributed by atoms with van der Waals surface area (Å²) in [4.78, 5) is 0. The topological polar surface area (TPSA) is 123 Å². The summed E-state index contributed by atoms with van der Waals surface area (Å²) in [7, 11) is -3.32. The third-order valence-corrected chi connectivity index (χ3v) is 2.53. The van der Waals surface area contributed by atoms with Crippen molar-refractivity contribution in [3.63, 3.8) is 0 Å². The molecule has 0 aromatic carbocycles. The van der Waals surface area contributed by atoms with E-state index in [0.29, 0.717) is 0 Å². The fourth-order valence-electron chi connectivity index (χ4n) is 1.33. The smallest absolute Gasteiger partial charge is 0.387 e. The van der Waals surface area contributed by atoms with Gasteiger partial charge in [0.1, 0.15) is 31.0 Å². The summed E-state index contributed by atoms with van der Waals surface area (Å²) in [5.74, 6) is 0. The molecule has 1 heterocycles. The highest BCUT2D eigenvalue weighted by atomic mass is 32.3. The third-order valence-electron chi connectivity index (χ3n) is 2.10. The fraction of sp³-hybridized carbons (Fsp3) is 0.857. The van der Waals surface area contributed by atoms with Crippen LogP contribution in [0.2, 0.25) is 0 Å². The Bertz CT molecular complexity index is 314. The summed E-state index contributed by atoms with van der Waals surface area (Å²) >= 11 is 0. The molecule has 95 valence electrons. The summed E-state index contributed by atoms with van der Waals surface area (Å²) in [6.07, 6.45) is -4.38. The van der Waals surface area contributed by atoms with E-state index >= 15 is 0 Å². The Balaban J connectivity index is 2.58. The number of ether oxygens (including phenoxy) is 2. The molecular weight excluding hydrogens is 244 g/mol. The molecule has 8 nitrogen and oxygen atoms in total. The van der Waals surface area contributed by atoms with Gasteiger partial charge in [0.15, 0.2) is 0 Å². The van der Waals surface area contributed by atoms with Crippen molar-refractivity contribution in [1.82, 2.24) is 0 Å². The molecule has 0 aliphatic carbocycles. The van der Waals surface area contributed by atoms with E-state index in [9.17, 15) is 18.6 Å². The molecule has 1 aliphatic heterocycles. The molecule has 4 atom stereocenters. The second-order valence-electron chi connectivity index (χ2n) is 3.20. The Morgan fingerprint density at radius 1 is 1.44 bits per heavy atom. The van der Waals surface area contributed by atoms with Gasteiger partial charge in [-0.1, -0.05) is 0 Å². The van der Waals surface area contributed by atoms with Crippen LogP contribution in [0, 0.1) is 6.61 Å². The highest BCUT2D eigenvalue weighted by Crippen LogP contribution is 2.21. The third kappa shape index (κ3) is 3.63. The molecule has 9 heteroatoms. The second kappa shape index (κ2) is 5.36. The zero-order valence-electron chi connectivity index (χ0n) is 8.38. The molecule has 0 bridgehead atoms. The Kier molecular flexibility index (Phi) is 4.62. The van der Waals surface area contributed by atoms with Crippen molar-refractivity contribution in [2.24, 2.45) is 0 Å². The Morgan fingerprint density at radius 3 is 2.56 bits per heavy atom. The minimum Gasteiger partial charge on any atom is -0.387 e. The predicted molar refractivity (Wildman–Crippen MR) is 49.5 cm³/mol. The van der Waals surface area contributed by atoms with Gasteiger partial charge in [-0.25, -0.2) is 4.18 Å². The Hall–Kier alpha value is -0.290. The Morgan fingerprint density at radius 2 is 2.06 bits per heavy atom. The lowest BCUT2D eigenvalue weighted by Gasteiger charge is -2.36. The van der Waals surface area contributed by atoms with E-state index in [0.717, 1.165) is 6.61 Å². The van der Waals surface area contributed by atoms with Gasteiger partial charge in [-0.3, -0.25) is 4.55 Å². The lowest BCUT2D eigenvalue weighted by molar-refractivity contribution is -0.178. The van der Waals surface area contributed by atoms with Crippen LogP contribution in [0.4, 0.5) is 0 Å². The van der Waals surface area contributed by atoms with E-state index < -0.39 is 41.4 Å². The standard InChI is InChI=1S/C7H13O8S/c1-13-7-5(3-15-16(10,11)12)14-2-4(8)6(7)9/h2,4-9H,3H2,1H3,(H,10,11,12)/t4-,5+,6+,7+/m0/s1. The van der Waals surface area contributed by atoms with Gasteiger partial charge in [0.2, 0.25) is 0 Å². The molecule has 1 rings (SSSR count). The molecule has 0 unspecified atom stereocenters. The molecular formula is C7H13O8S. The van der Waals surface area contributed by atoms with E-state index in [1.54, 1.807) is 0 Å². The van der Waals surface area contributed by atoms with E-state index in [-0.39, 0.29) is 0 Å². The van der Waals surface area contributed by atoms with E-state index in [2.05, 4.69) is 4.18 Å². The average molecular weight is 257 g/mol. The first-order chi connectivity index (χ1) is 7.35. The lowest BCUT2D eigenvalue weighted by atomic mass is 10.0. The molecule has 1 fully saturated rings. The van der Waals surface area contributed by atoms with Gasteiger partial charge in [0, 0.05) is 7.11 Å². The SMILES string of the molecule is CO[C@H]1[C@H](O)[C@@H](O)[CH]O[C@@H]1COS(=O)(=O)O. The highest BCUT2D eigenvalue weighted by Gasteiger charge is 2.40. The van der Waals surface area contributed by atoms with Crippen LogP contribution in [0.1, 0.15) is 0 Å². The van der Waals surface area contributed by atoms with E-state index in [1.807, 2.05) is 0 Å². The summed E-state index contributed by atoms with van der Waals surface area (Å²) in [6.45, 7) is 0.413. The number of aliphatic hydroxyl groups excluding tert-OH is 2. The fourth-order valence-corrected chi connectivity index (χ4v) is 1.64. The molecule has 0 spiro atoms. The molecule has 3 N–H and O–H groups in total. The monoisotopic (exact) mass is 257 g/mol. The summed E-state index contributed by atoms with van der Waals surface area (Å²) in [6, 6.07) is 0. The van der Waals surface area contributed by atoms with Crippen LogP contribution >= 0.6 is 0 Å². The van der Waals surface area contributed by atoms with Gasteiger partial charge in [-0.05, 0) is 0 Å². The molecule has 0 aromatic rings. The molecule has 1 radical (unpaired) electrons. The van der Waals surface area contributed by atoms with Crippen LogP contribution in [-0.4, -0.2) is 61.3 Å². The molecule has 0 amide bonds. The molecule has 16 heavy (non-hydrogen) atoms. The van der Waals surface area contributed by atoms with Crippen molar-refractivity contribution < 1.29 is 36.8 Å². The highest BCUT2D eigenvalue weighted by molar-refractivity contribution is 7.80.